The van der Waals surface area contributed by atoms with Crippen molar-refractivity contribution in [2.24, 2.45) is 0 Å². The van der Waals surface area contributed by atoms with Crippen LogP contribution in [0.5, 0.6) is 5.75 Å². The number of methoxy groups -OCH3 is 1. The second-order valence-corrected chi connectivity index (χ2v) is 5.82. The van der Waals surface area contributed by atoms with Crippen molar-refractivity contribution in [3.05, 3.63) is 69.8 Å². The molecule has 0 aromatic heterocycles. The number of ether oxygens (including phenoxy) is 1. The quantitative estimate of drug-likeness (QED) is 0.231. The van der Waals surface area contributed by atoms with Crippen molar-refractivity contribution >= 4 is 29.3 Å². The standard InChI is InChI=1S/C17H13F2NO4S/c1-24-15-10-12(5-9-16(15)25-17(18)19)14(21)8-4-11-2-6-13(7-3-11)20(22)23/h2-10,17H,1H3/b8-4+. The predicted molar refractivity (Wildman–Crippen MR) is 91.3 cm³/mol. The molecule has 0 saturated heterocycles. The van der Waals surface area contributed by atoms with Gasteiger partial charge < -0.3 is 4.74 Å². The Kier molecular flexibility index (Phi) is 6.24. The van der Waals surface area contributed by atoms with Gasteiger partial charge >= 0.3 is 0 Å². The van der Waals surface area contributed by atoms with Gasteiger partial charge in [-0.15, -0.1) is 0 Å². The number of hydrogen-bond acceptors (Lipinski definition) is 5. The fourth-order valence-corrected chi connectivity index (χ4v) is 2.59. The Labute approximate surface area is 146 Å². The number of carbonyl (C=O) groups excluding carboxylic acids is 1. The first-order valence-electron chi connectivity index (χ1n) is 7.00. The van der Waals surface area contributed by atoms with E-state index in [4.69, 9.17) is 4.74 Å². The van der Waals surface area contributed by atoms with E-state index >= 15 is 0 Å². The maximum Gasteiger partial charge on any atom is 0.289 e. The molecular formula is C17H13F2NO4S. The number of nitro groups is 1. The first-order valence-corrected chi connectivity index (χ1v) is 7.88. The molecule has 0 unspecified atom stereocenters. The summed E-state index contributed by atoms with van der Waals surface area (Å²) in [5, 5.41) is 10.6. The number of ketones is 1. The maximum absolute atomic E-state index is 12.5. The highest BCUT2D eigenvalue weighted by molar-refractivity contribution is 7.99. The second-order valence-electron chi connectivity index (χ2n) is 4.79. The lowest BCUT2D eigenvalue weighted by molar-refractivity contribution is -0.384. The Morgan fingerprint density at radius 1 is 1.24 bits per heavy atom. The highest BCUT2D eigenvalue weighted by Crippen LogP contribution is 2.34. The van der Waals surface area contributed by atoms with Crippen LogP contribution in [0.2, 0.25) is 0 Å². The van der Waals surface area contributed by atoms with Gasteiger partial charge in [-0.1, -0.05) is 17.8 Å². The van der Waals surface area contributed by atoms with Gasteiger partial charge in [0.05, 0.1) is 16.9 Å². The van der Waals surface area contributed by atoms with Gasteiger partial charge in [-0.05, 0) is 42.0 Å². The highest BCUT2D eigenvalue weighted by atomic mass is 32.2. The summed E-state index contributed by atoms with van der Waals surface area (Å²) >= 11 is 0.341. The van der Waals surface area contributed by atoms with E-state index in [-0.39, 0.29) is 27.7 Å². The van der Waals surface area contributed by atoms with Gasteiger partial charge in [-0.2, -0.15) is 8.78 Å². The molecule has 0 aliphatic carbocycles. The third-order valence-corrected chi connectivity index (χ3v) is 3.96. The van der Waals surface area contributed by atoms with Crippen LogP contribution in [0, 0.1) is 10.1 Å². The van der Waals surface area contributed by atoms with Gasteiger partial charge in [-0.3, -0.25) is 14.9 Å². The third-order valence-electron chi connectivity index (χ3n) is 3.20. The largest absolute Gasteiger partial charge is 0.496 e. The highest BCUT2D eigenvalue weighted by Gasteiger charge is 2.13. The van der Waals surface area contributed by atoms with E-state index < -0.39 is 10.7 Å². The minimum atomic E-state index is -2.59. The summed E-state index contributed by atoms with van der Waals surface area (Å²) in [5.74, 6) is -2.73. The Hall–Kier alpha value is -2.74. The average molecular weight is 365 g/mol. The minimum absolute atomic E-state index is 0.0414. The van der Waals surface area contributed by atoms with E-state index in [0.717, 1.165) is 0 Å². The molecule has 0 N–H and O–H groups in total. The average Bonchev–Trinajstić information content (AvgIpc) is 2.59. The molecule has 0 radical (unpaired) electrons. The van der Waals surface area contributed by atoms with E-state index in [1.165, 1.54) is 61.7 Å². The van der Waals surface area contributed by atoms with Crippen LogP contribution in [-0.4, -0.2) is 23.6 Å². The molecule has 0 atom stereocenters. The molecule has 0 spiro atoms. The number of allylic oxidation sites excluding steroid dienone is 1. The van der Waals surface area contributed by atoms with Crippen LogP contribution < -0.4 is 4.74 Å². The summed E-state index contributed by atoms with van der Waals surface area (Å²) in [6.07, 6.45) is 2.82. The monoisotopic (exact) mass is 365 g/mol. The van der Waals surface area contributed by atoms with Crippen molar-refractivity contribution < 1.29 is 23.2 Å². The number of alkyl halides is 2. The summed E-state index contributed by atoms with van der Waals surface area (Å²) in [5.41, 5.74) is 0.866. The molecule has 0 bridgehead atoms. The Morgan fingerprint density at radius 2 is 1.92 bits per heavy atom. The summed E-state index contributed by atoms with van der Waals surface area (Å²) in [7, 11) is 1.34. The molecule has 0 heterocycles. The summed E-state index contributed by atoms with van der Waals surface area (Å²) in [6, 6.07) is 9.95. The summed E-state index contributed by atoms with van der Waals surface area (Å²) in [6.45, 7) is 0. The van der Waals surface area contributed by atoms with Crippen LogP contribution in [0.1, 0.15) is 15.9 Å². The van der Waals surface area contributed by atoms with Crippen molar-refractivity contribution in [2.45, 2.75) is 10.7 Å². The number of benzene rings is 2. The maximum atomic E-state index is 12.5. The smallest absolute Gasteiger partial charge is 0.289 e. The number of carbonyl (C=O) groups is 1. The second kappa shape index (κ2) is 8.39. The van der Waals surface area contributed by atoms with E-state index in [0.29, 0.717) is 17.3 Å². The van der Waals surface area contributed by atoms with Gasteiger partial charge in [0, 0.05) is 17.7 Å². The van der Waals surface area contributed by atoms with Crippen LogP contribution in [0.25, 0.3) is 6.08 Å². The van der Waals surface area contributed by atoms with Gasteiger partial charge in [0.25, 0.3) is 11.4 Å². The first kappa shape index (κ1) is 18.6. The van der Waals surface area contributed by atoms with Crippen LogP contribution in [-0.2, 0) is 0 Å². The molecule has 0 fully saturated rings. The number of nitrogens with zero attached hydrogens (tertiary/aromatic N) is 1. The zero-order chi connectivity index (χ0) is 18.4. The Bertz CT molecular complexity index is 807. The fraction of sp³-hybridized carbons (Fsp3) is 0.118. The molecule has 2 aromatic carbocycles. The van der Waals surface area contributed by atoms with Crippen LogP contribution in [0.4, 0.5) is 14.5 Å². The molecule has 5 nitrogen and oxygen atoms in total. The third kappa shape index (κ3) is 5.12. The molecule has 0 aliphatic rings. The summed E-state index contributed by atoms with van der Waals surface area (Å²) in [4.78, 5) is 22.5. The number of nitro benzene ring substituents is 1. The van der Waals surface area contributed by atoms with E-state index in [1.807, 2.05) is 0 Å². The van der Waals surface area contributed by atoms with E-state index in [2.05, 4.69) is 0 Å². The van der Waals surface area contributed by atoms with Crippen molar-refractivity contribution in [2.75, 3.05) is 7.11 Å². The molecule has 2 rings (SSSR count). The first-order chi connectivity index (χ1) is 11.9. The molecule has 0 aliphatic heterocycles. The molecule has 130 valence electrons. The number of thioether (sulfide) groups is 1. The number of non-ortho nitro benzene ring substituents is 1. The lowest BCUT2D eigenvalue weighted by Crippen LogP contribution is -1.97. The number of rotatable bonds is 7. The molecule has 2 aromatic rings. The minimum Gasteiger partial charge on any atom is -0.496 e. The Morgan fingerprint density at radius 3 is 2.48 bits per heavy atom. The van der Waals surface area contributed by atoms with Gasteiger partial charge in [0.15, 0.2) is 5.78 Å². The molecule has 0 amide bonds. The number of hydrogen-bond donors (Lipinski definition) is 0. The van der Waals surface area contributed by atoms with Crippen molar-refractivity contribution in [1.82, 2.24) is 0 Å². The van der Waals surface area contributed by atoms with Crippen molar-refractivity contribution in [3.63, 3.8) is 0 Å². The molecule has 0 saturated carbocycles. The van der Waals surface area contributed by atoms with Gasteiger partial charge in [0.1, 0.15) is 5.75 Å². The zero-order valence-electron chi connectivity index (χ0n) is 13.0. The van der Waals surface area contributed by atoms with Crippen molar-refractivity contribution in [3.8, 4) is 5.75 Å². The summed E-state index contributed by atoms with van der Waals surface area (Å²) < 4.78 is 30.0. The zero-order valence-corrected chi connectivity index (χ0v) is 13.8. The predicted octanol–water partition coefficient (Wildman–Crippen LogP) is 4.81. The fourth-order valence-electron chi connectivity index (χ4n) is 1.99. The van der Waals surface area contributed by atoms with Gasteiger partial charge in [0.2, 0.25) is 0 Å². The number of halogens is 2. The van der Waals surface area contributed by atoms with Gasteiger partial charge in [-0.25, -0.2) is 0 Å². The van der Waals surface area contributed by atoms with Crippen molar-refractivity contribution in [1.29, 1.82) is 0 Å². The normalized spacial score (nSPS) is 11.0. The van der Waals surface area contributed by atoms with E-state index in [1.54, 1.807) is 0 Å². The topological polar surface area (TPSA) is 69.4 Å². The van der Waals surface area contributed by atoms with Crippen LogP contribution >= 0.6 is 11.8 Å². The lowest BCUT2D eigenvalue weighted by atomic mass is 10.1. The lowest BCUT2D eigenvalue weighted by Gasteiger charge is -2.08. The molecular weight excluding hydrogens is 352 g/mol. The molecule has 8 heteroatoms. The van der Waals surface area contributed by atoms with Crippen LogP contribution in [0.3, 0.4) is 0 Å². The molecule has 25 heavy (non-hydrogen) atoms. The Balaban J connectivity index is 2.15. The van der Waals surface area contributed by atoms with Crippen LogP contribution in [0.15, 0.2) is 53.4 Å². The van der Waals surface area contributed by atoms with E-state index in [9.17, 15) is 23.7 Å². The SMILES string of the molecule is COc1cc(C(=O)/C=C/c2ccc([N+](=O)[O-])cc2)ccc1SC(F)F.